The van der Waals surface area contributed by atoms with Gasteiger partial charge < -0.3 is 15.5 Å². The van der Waals surface area contributed by atoms with Crippen LogP contribution in [0.3, 0.4) is 0 Å². The summed E-state index contributed by atoms with van der Waals surface area (Å²) >= 11 is 7.38. The number of nitrogens with one attached hydrogen (secondary N) is 2. The molecule has 8 heteroatoms. The quantitative estimate of drug-likeness (QED) is 0.500. The van der Waals surface area contributed by atoms with Gasteiger partial charge in [-0.15, -0.1) is 11.3 Å². The number of benzene rings is 2. The molecule has 1 saturated heterocycles. The van der Waals surface area contributed by atoms with Crippen LogP contribution in [0.25, 0.3) is 0 Å². The molecule has 4 rings (SSSR count). The zero-order chi connectivity index (χ0) is 24.1. The van der Waals surface area contributed by atoms with Gasteiger partial charge in [-0.05, 0) is 48.9 Å². The smallest absolute Gasteiger partial charge is 0.261 e. The largest absolute Gasteiger partial charge is 0.347 e. The molecule has 3 aromatic rings. The lowest BCUT2D eigenvalue weighted by atomic mass is 10.1. The number of aryl methyl sites for hydroxylation is 1. The average Bonchev–Trinajstić information content (AvgIpc) is 3.19. The molecule has 2 N–H and O–H groups in total. The Kier molecular flexibility index (Phi) is 8.00. The van der Waals surface area contributed by atoms with Crippen molar-refractivity contribution >= 4 is 39.8 Å². The third-order valence-electron chi connectivity index (χ3n) is 5.93. The van der Waals surface area contributed by atoms with E-state index in [9.17, 15) is 9.59 Å². The van der Waals surface area contributed by atoms with Crippen molar-refractivity contribution in [2.45, 2.75) is 20.0 Å². The fourth-order valence-electron chi connectivity index (χ4n) is 3.96. The second-order valence-electron chi connectivity index (χ2n) is 8.64. The predicted octanol–water partition coefficient (Wildman–Crippen LogP) is 4.64. The fraction of sp³-hybridized carbons (Fsp3) is 0.308. The summed E-state index contributed by atoms with van der Waals surface area (Å²) in [6, 6.07) is 17.1. The Balaban J connectivity index is 1.34. The van der Waals surface area contributed by atoms with E-state index >= 15 is 0 Å². The first-order chi connectivity index (χ1) is 16.4. The summed E-state index contributed by atoms with van der Waals surface area (Å²) in [6.07, 6.45) is 0. The van der Waals surface area contributed by atoms with Crippen LogP contribution in [0.4, 0.5) is 5.00 Å². The molecular weight excluding hydrogens is 468 g/mol. The van der Waals surface area contributed by atoms with E-state index in [1.54, 1.807) is 24.3 Å². The second-order valence-corrected chi connectivity index (χ2v) is 10.1. The average molecular weight is 497 g/mol. The molecule has 1 aromatic heterocycles. The first-order valence-corrected chi connectivity index (χ1v) is 12.5. The van der Waals surface area contributed by atoms with E-state index in [0.29, 0.717) is 27.0 Å². The highest BCUT2D eigenvalue weighted by atomic mass is 35.5. The van der Waals surface area contributed by atoms with E-state index < -0.39 is 0 Å². The molecule has 2 heterocycles. The predicted molar refractivity (Wildman–Crippen MR) is 139 cm³/mol. The minimum absolute atomic E-state index is 0.148. The number of rotatable bonds is 7. The topological polar surface area (TPSA) is 64.7 Å². The maximum atomic E-state index is 12.8. The van der Waals surface area contributed by atoms with Crippen molar-refractivity contribution in [2.75, 3.05) is 38.5 Å². The number of amides is 2. The standard InChI is InChI=1S/C26H29ClN4O2S/c1-18-14-23(29-25(32)21-8-3-4-9-22(21)27)34-24(18)26(33)28-16-19-6-5-7-20(15-19)17-31-12-10-30(2)11-13-31/h3-9,14-15H,10-13,16-17H2,1-2H3,(H,28,33)(H,29,32). The molecule has 1 aliphatic rings. The molecule has 1 aliphatic heterocycles. The van der Waals surface area contributed by atoms with Crippen LogP contribution in [0, 0.1) is 6.92 Å². The number of hydrogen-bond acceptors (Lipinski definition) is 5. The SMILES string of the molecule is Cc1cc(NC(=O)c2ccccc2Cl)sc1C(=O)NCc1cccc(CN2CCN(C)CC2)c1. The van der Waals surface area contributed by atoms with Gasteiger partial charge in [-0.25, -0.2) is 0 Å². The Labute approximate surface area is 209 Å². The van der Waals surface area contributed by atoms with Gasteiger partial charge in [0.15, 0.2) is 0 Å². The fourth-order valence-corrected chi connectivity index (χ4v) is 5.16. The summed E-state index contributed by atoms with van der Waals surface area (Å²) in [5.74, 6) is -0.443. The zero-order valence-corrected chi connectivity index (χ0v) is 21.0. The molecule has 2 aromatic carbocycles. The van der Waals surface area contributed by atoms with Gasteiger partial charge in [0.25, 0.3) is 11.8 Å². The van der Waals surface area contributed by atoms with E-state index in [1.807, 2.05) is 25.1 Å². The molecule has 0 radical (unpaired) electrons. The van der Waals surface area contributed by atoms with Crippen molar-refractivity contribution in [3.8, 4) is 0 Å². The summed E-state index contributed by atoms with van der Waals surface area (Å²) in [6.45, 7) is 7.58. The number of piperazine rings is 1. The molecular formula is C26H29ClN4O2S. The Morgan fingerprint density at radius 1 is 0.971 bits per heavy atom. The van der Waals surface area contributed by atoms with Crippen molar-refractivity contribution in [1.82, 2.24) is 15.1 Å². The van der Waals surface area contributed by atoms with Crippen molar-refractivity contribution in [1.29, 1.82) is 0 Å². The highest BCUT2D eigenvalue weighted by Crippen LogP contribution is 2.28. The van der Waals surface area contributed by atoms with Crippen LogP contribution >= 0.6 is 22.9 Å². The van der Waals surface area contributed by atoms with Crippen molar-refractivity contribution in [3.05, 3.63) is 86.8 Å². The van der Waals surface area contributed by atoms with Crippen LogP contribution in [0.2, 0.25) is 5.02 Å². The number of carbonyl (C=O) groups excluding carboxylic acids is 2. The van der Waals surface area contributed by atoms with Gasteiger partial charge in [-0.2, -0.15) is 0 Å². The zero-order valence-electron chi connectivity index (χ0n) is 19.4. The summed E-state index contributed by atoms with van der Waals surface area (Å²) in [7, 11) is 2.16. The Hall–Kier alpha value is -2.71. The normalized spacial score (nSPS) is 14.7. The molecule has 1 fully saturated rings. The number of likely N-dealkylation sites (N-methyl/N-ethyl adjacent to an activating group) is 1. The summed E-state index contributed by atoms with van der Waals surface area (Å²) in [4.78, 5) is 30.8. The van der Waals surface area contributed by atoms with Crippen LogP contribution in [-0.2, 0) is 13.1 Å². The van der Waals surface area contributed by atoms with Gasteiger partial charge in [-0.1, -0.05) is 48.0 Å². The van der Waals surface area contributed by atoms with Crippen molar-refractivity contribution < 1.29 is 9.59 Å². The van der Waals surface area contributed by atoms with Crippen molar-refractivity contribution in [2.24, 2.45) is 0 Å². The lowest BCUT2D eigenvalue weighted by Gasteiger charge is -2.32. The molecule has 2 amide bonds. The number of carbonyl (C=O) groups is 2. The number of hydrogen-bond donors (Lipinski definition) is 2. The van der Waals surface area contributed by atoms with Gasteiger partial charge in [0, 0.05) is 39.3 Å². The molecule has 0 spiro atoms. The summed E-state index contributed by atoms with van der Waals surface area (Å²) < 4.78 is 0. The monoisotopic (exact) mass is 496 g/mol. The van der Waals surface area contributed by atoms with E-state index in [0.717, 1.165) is 43.9 Å². The molecule has 34 heavy (non-hydrogen) atoms. The maximum Gasteiger partial charge on any atom is 0.261 e. The summed E-state index contributed by atoms with van der Waals surface area (Å²) in [5.41, 5.74) is 3.55. The Bertz CT molecular complexity index is 1170. The minimum Gasteiger partial charge on any atom is -0.347 e. The first kappa shape index (κ1) is 24.4. The minimum atomic E-state index is -0.295. The molecule has 178 valence electrons. The van der Waals surface area contributed by atoms with Crippen LogP contribution in [-0.4, -0.2) is 54.8 Å². The van der Waals surface area contributed by atoms with Gasteiger partial charge in [0.2, 0.25) is 0 Å². The van der Waals surface area contributed by atoms with Gasteiger partial charge in [0.05, 0.1) is 20.5 Å². The Morgan fingerprint density at radius 2 is 1.71 bits per heavy atom. The molecule has 0 saturated carbocycles. The Morgan fingerprint density at radius 3 is 2.47 bits per heavy atom. The van der Waals surface area contributed by atoms with Gasteiger partial charge in [-0.3, -0.25) is 14.5 Å². The van der Waals surface area contributed by atoms with E-state index in [1.165, 1.54) is 16.9 Å². The maximum absolute atomic E-state index is 12.8. The van der Waals surface area contributed by atoms with Crippen LogP contribution in [0.15, 0.2) is 54.6 Å². The van der Waals surface area contributed by atoms with Crippen molar-refractivity contribution in [3.63, 3.8) is 0 Å². The molecule has 0 unspecified atom stereocenters. The van der Waals surface area contributed by atoms with E-state index in [2.05, 4.69) is 39.6 Å². The number of nitrogens with zero attached hydrogens (tertiary/aromatic N) is 2. The summed E-state index contributed by atoms with van der Waals surface area (Å²) in [5, 5.41) is 6.87. The lowest BCUT2D eigenvalue weighted by Crippen LogP contribution is -2.43. The molecule has 0 aliphatic carbocycles. The first-order valence-electron chi connectivity index (χ1n) is 11.3. The molecule has 6 nitrogen and oxygen atoms in total. The van der Waals surface area contributed by atoms with Crippen LogP contribution in [0.1, 0.15) is 36.7 Å². The van der Waals surface area contributed by atoms with Gasteiger partial charge >= 0.3 is 0 Å². The molecule has 0 atom stereocenters. The van der Waals surface area contributed by atoms with E-state index in [-0.39, 0.29) is 11.8 Å². The highest BCUT2D eigenvalue weighted by Gasteiger charge is 2.17. The lowest BCUT2D eigenvalue weighted by molar-refractivity contribution is 0.0953. The number of anilines is 1. The number of halogens is 1. The number of thiophene rings is 1. The highest BCUT2D eigenvalue weighted by molar-refractivity contribution is 7.18. The second kappa shape index (κ2) is 11.1. The molecule has 0 bridgehead atoms. The third kappa shape index (κ3) is 6.24. The van der Waals surface area contributed by atoms with Gasteiger partial charge in [0.1, 0.15) is 0 Å². The van der Waals surface area contributed by atoms with E-state index in [4.69, 9.17) is 11.6 Å². The van der Waals surface area contributed by atoms with Crippen LogP contribution in [0.5, 0.6) is 0 Å². The van der Waals surface area contributed by atoms with Crippen LogP contribution < -0.4 is 10.6 Å². The third-order valence-corrected chi connectivity index (χ3v) is 7.41.